The van der Waals surface area contributed by atoms with E-state index in [2.05, 4.69) is 33.8 Å². The van der Waals surface area contributed by atoms with Crippen molar-refractivity contribution in [2.24, 2.45) is 0 Å². The molecule has 1 radical (unpaired) electrons. The molecule has 1 heteroatoms. The molecule has 2 rings (SSSR count). The maximum absolute atomic E-state index is 3.76. The third-order valence-electron chi connectivity index (χ3n) is 4.27. The number of rotatable bonds is 1. The van der Waals surface area contributed by atoms with E-state index in [-0.39, 0.29) is 0 Å². The van der Waals surface area contributed by atoms with Crippen molar-refractivity contribution in [3.05, 3.63) is 22.8 Å². The molecule has 1 atom stereocenters. The molecule has 0 saturated carbocycles. The third-order valence-corrected chi connectivity index (χ3v) is 13.5. The van der Waals surface area contributed by atoms with Gasteiger partial charge in [0, 0.05) is 0 Å². The Kier molecular flexibility index (Phi) is 2.22. The Hall–Kier alpha value is 0.0229. The van der Waals surface area contributed by atoms with E-state index in [0.29, 0.717) is 4.25 Å². The molecule has 0 spiro atoms. The van der Waals surface area contributed by atoms with Gasteiger partial charge in [-0.3, -0.25) is 0 Å². The van der Waals surface area contributed by atoms with Crippen LogP contribution in [0.2, 0.25) is 14.8 Å². The molecular weight excluding hydrogens is 217 g/mol. The first-order valence-corrected chi connectivity index (χ1v) is 9.99. The van der Waals surface area contributed by atoms with Crippen LogP contribution in [0.25, 0.3) is 0 Å². The molecule has 1 saturated heterocycles. The summed E-state index contributed by atoms with van der Waals surface area (Å²) in [6.07, 6.45) is 5.26. The molecule has 1 unspecified atom stereocenters. The summed E-state index contributed by atoms with van der Waals surface area (Å²) in [5.74, 6) is 0. The van der Waals surface area contributed by atoms with Gasteiger partial charge in [-0.15, -0.1) is 0 Å². The fourth-order valence-corrected chi connectivity index (χ4v) is 9.40. The summed E-state index contributed by atoms with van der Waals surface area (Å²) in [5, 5.41) is 3.18. The first-order valence-electron chi connectivity index (χ1n) is 5.36. The second-order valence-electron chi connectivity index (χ2n) is 4.83. The Morgan fingerprint density at radius 1 is 1.23 bits per heavy atom. The third kappa shape index (κ3) is 1.25. The summed E-state index contributed by atoms with van der Waals surface area (Å²) in [5.41, 5.74) is 4.60. The van der Waals surface area contributed by atoms with Crippen LogP contribution in [-0.4, -0.2) is 14.3 Å². The van der Waals surface area contributed by atoms with Gasteiger partial charge in [-0.25, -0.2) is 0 Å². The van der Waals surface area contributed by atoms with Crippen molar-refractivity contribution in [2.75, 3.05) is 0 Å². The van der Waals surface area contributed by atoms with Crippen LogP contribution in [0.15, 0.2) is 16.7 Å². The summed E-state index contributed by atoms with van der Waals surface area (Å²) in [6.45, 7) is 9.28. The molecule has 0 amide bonds. The van der Waals surface area contributed by atoms with Crippen molar-refractivity contribution < 1.29 is 0 Å². The van der Waals surface area contributed by atoms with Gasteiger partial charge in [0.1, 0.15) is 0 Å². The second kappa shape index (κ2) is 3.01. The summed E-state index contributed by atoms with van der Waals surface area (Å²) in [6, 6.07) is 0. The Bertz CT molecular complexity index is 294. The first-order chi connectivity index (χ1) is 6.05. The van der Waals surface area contributed by atoms with E-state index in [4.69, 9.17) is 0 Å². The molecule has 1 fully saturated rings. The molecule has 0 aromatic rings. The molecule has 2 aliphatic rings. The zero-order chi connectivity index (χ0) is 9.64. The van der Waals surface area contributed by atoms with Gasteiger partial charge in [0.2, 0.25) is 0 Å². The summed E-state index contributed by atoms with van der Waals surface area (Å²) in [4.78, 5) is 0. The Labute approximate surface area is 86.2 Å². The van der Waals surface area contributed by atoms with Gasteiger partial charge in [-0.2, -0.15) is 0 Å². The number of hydrogen-bond donors (Lipinski definition) is 0. The van der Waals surface area contributed by atoms with E-state index < -0.39 is 14.3 Å². The molecule has 0 bridgehead atoms. The molecule has 1 aliphatic carbocycles. The molecule has 0 aromatic carbocycles. The maximum atomic E-state index is 3.76. The van der Waals surface area contributed by atoms with Crippen molar-refractivity contribution >= 4 is 14.3 Å². The zero-order valence-corrected chi connectivity index (χ0v) is 11.6. The van der Waals surface area contributed by atoms with Crippen LogP contribution in [0.1, 0.15) is 34.1 Å². The fraction of sp³-hybridized carbons (Fsp3) is 0.667. The minimum atomic E-state index is -0.972. The minimum absolute atomic E-state index is 0.472. The van der Waals surface area contributed by atoms with Gasteiger partial charge in [-0.05, 0) is 0 Å². The van der Waals surface area contributed by atoms with Crippen LogP contribution < -0.4 is 0 Å². The van der Waals surface area contributed by atoms with Crippen molar-refractivity contribution in [1.82, 2.24) is 0 Å². The van der Waals surface area contributed by atoms with Crippen LogP contribution in [0.5, 0.6) is 0 Å². The van der Waals surface area contributed by atoms with Gasteiger partial charge in [0.05, 0.1) is 0 Å². The van der Waals surface area contributed by atoms with Crippen molar-refractivity contribution in [2.45, 2.75) is 48.9 Å². The predicted octanol–water partition coefficient (Wildman–Crippen LogP) is 3.48. The van der Waals surface area contributed by atoms with E-state index in [9.17, 15) is 0 Å². The van der Waals surface area contributed by atoms with Crippen LogP contribution in [-0.2, 0) is 0 Å². The average Bonchev–Trinajstić information content (AvgIpc) is 2.12. The monoisotopic (exact) mass is 237 g/mol. The van der Waals surface area contributed by atoms with Crippen LogP contribution in [0.4, 0.5) is 0 Å². The number of allylic oxidation sites excluding steroid dienone is 4. The zero-order valence-electron chi connectivity index (χ0n) is 9.20. The van der Waals surface area contributed by atoms with Crippen molar-refractivity contribution in [3.8, 4) is 0 Å². The van der Waals surface area contributed by atoms with Gasteiger partial charge in [-0.1, -0.05) is 0 Å². The van der Waals surface area contributed by atoms with E-state index >= 15 is 0 Å². The van der Waals surface area contributed by atoms with E-state index in [0.717, 1.165) is 0 Å². The Morgan fingerprint density at radius 3 is 2.15 bits per heavy atom. The molecule has 0 N–H and O–H groups in total. The predicted molar refractivity (Wildman–Crippen MR) is 60.6 cm³/mol. The van der Waals surface area contributed by atoms with Gasteiger partial charge >= 0.3 is 86.0 Å². The van der Waals surface area contributed by atoms with Gasteiger partial charge in [0.25, 0.3) is 0 Å². The van der Waals surface area contributed by atoms with Crippen LogP contribution >= 0.6 is 0 Å². The topological polar surface area (TPSA) is 0 Å². The molecule has 0 nitrogen and oxygen atoms in total. The molecule has 1 aliphatic heterocycles. The van der Waals surface area contributed by atoms with Crippen molar-refractivity contribution in [3.63, 3.8) is 0 Å². The fourth-order valence-electron chi connectivity index (χ4n) is 2.64. The van der Waals surface area contributed by atoms with Crippen LogP contribution in [0, 0.1) is 6.08 Å². The molecule has 71 valence electrons. The standard InChI is InChI=1S/C12H19Ge/c1-9-8-12(4,11(3)10(9)2)13-6-5-7-13/h13H,5-7H2,1-4H3. The molecular formula is C12H19Ge. The molecule has 13 heavy (non-hydrogen) atoms. The van der Waals surface area contributed by atoms with Gasteiger partial charge < -0.3 is 0 Å². The molecule has 1 heterocycles. The van der Waals surface area contributed by atoms with E-state index in [1.54, 1.807) is 16.1 Å². The Morgan fingerprint density at radius 2 is 1.85 bits per heavy atom. The SMILES string of the molecule is CC1=[C][C](C)([GeH]2[CH2]C[CH2]2)C(C)=C1C. The second-order valence-corrected chi connectivity index (χ2v) is 12.6. The molecule has 0 aromatic heterocycles. The van der Waals surface area contributed by atoms with Gasteiger partial charge in [0.15, 0.2) is 0 Å². The first kappa shape index (κ1) is 9.57. The summed E-state index contributed by atoms with van der Waals surface area (Å²) in [7, 11) is 0. The van der Waals surface area contributed by atoms with Crippen molar-refractivity contribution in [1.29, 1.82) is 0 Å². The van der Waals surface area contributed by atoms with E-state index in [1.807, 2.05) is 0 Å². The normalized spacial score (nSPS) is 34.9. The summed E-state index contributed by atoms with van der Waals surface area (Å²) < 4.78 is 0.472. The van der Waals surface area contributed by atoms with Crippen LogP contribution in [0.3, 0.4) is 0 Å². The average molecular weight is 236 g/mol. The Balaban J connectivity index is 2.34. The van der Waals surface area contributed by atoms with E-state index in [1.165, 1.54) is 17.6 Å². The summed E-state index contributed by atoms with van der Waals surface area (Å²) >= 11 is -0.972. The number of hydrogen-bond acceptors (Lipinski definition) is 0. The quantitative estimate of drug-likeness (QED) is 0.611.